The van der Waals surface area contributed by atoms with E-state index in [0.29, 0.717) is 0 Å². The van der Waals surface area contributed by atoms with E-state index in [4.69, 9.17) is 25.6 Å². The number of hydrogen-bond acceptors (Lipinski definition) is 5. The average Bonchev–Trinajstić information content (AvgIpc) is 2.70. The van der Waals surface area contributed by atoms with Crippen LogP contribution in [0.4, 0.5) is 0 Å². The molecule has 0 aromatic rings. The van der Waals surface area contributed by atoms with Crippen LogP contribution in [0.25, 0.3) is 0 Å². The predicted octanol–water partition coefficient (Wildman–Crippen LogP) is 3.20. The normalized spacial score (nSPS) is 34.8. The molecular formula is C17H35BO5Si2. The van der Waals surface area contributed by atoms with Crippen molar-refractivity contribution in [1.29, 1.82) is 0 Å². The van der Waals surface area contributed by atoms with Crippen molar-refractivity contribution in [3.05, 3.63) is 0 Å². The van der Waals surface area contributed by atoms with Gasteiger partial charge in [0.05, 0.1) is 12.7 Å². The number of aliphatic hydroxyl groups excluding tert-OH is 1. The van der Waals surface area contributed by atoms with Gasteiger partial charge in [-0.15, -0.1) is 0 Å². The Labute approximate surface area is 156 Å². The quantitative estimate of drug-likeness (QED) is 0.736. The van der Waals surface area contributed by atoms with E-state index >= 15 is 0 Å². The summed E-state index contributed by atoms with van der Waals surface area (Å²) >= 11 is 0. The first-order valence-corrected chi connectivity index (χ1v) is 13.5. The summed E-state index contributed by atoms with van der Waals surface area (Å²) in [6, 6.07) is -0.598. The second kappa shape index (κ2) is 7.73. The van der Waals surface area contributed by atoms with E-state index in [1.165, 1.54) is 0 Å². The predicted molar refractivity (Wildman–Crippen MR) is 104 cm³/mol. The van der Waals surface area contributed by atoms with Gasteiger partial charge in [0.25, 0.3) is 0 Å². The van der Waals surface area contributed by atoms with Crippen molar-refractivity contribution in [3.63, 3.8) is 0 Å². The maximum Gasteiger partial charge on any atom is 0.335 e. The van der Waals surface area contributed by atoms with Crippen molar-refractivity contribution in [1.82, 2.24) is 0 Å². The van der Waals surface area contributed by atoms with Gasteiger partial charge in [-0.05, 0) is 22.2 Å². The van der Waals surface area contributed by atoms with E-state index in [2.05, 4.69) is 55.4 Å². The van der Waals surface area contributed by atoms with Crippen LogP contribution in [0.3, 0.4) is 0 Å². The maximum absolute atomic E-state index is 9.78. The average molecular weight is 386 g/mol. The van der Waals surface area contributed by atoms with E-state index in [1.54, 1.807) is 0 Å². The second-order valence-corrected chi connectivity index (χ2v) is 17.4. The van der Waals surface area contributed by atoms with Crippen molar-refractivity contribution in [2.24, 2.45) is 0 Å². The summed E-state index contributed by atoms with van der Waals surface area (Å²) < 4.78 is 26.3. The van der Waals surface area contributed by atoms with Crippen LogP contribution in [0, 0.1) is 0 Å². The zero-order valence-corrected chi connectivity index (χ0v) is 19.0. The first kappa shape index (κ1) is 21.6. The van der Waals surface area contributed by atoms with Gasteiger partial charge < -0.3 is 22.8 Å². The van der Waals surface area contributed by atoms with Gasteiger partial charge in [0, 0.05) is 6.00 Å². The highest BCUT2D eigenvalue weighted by Crippen LogP contribution is 2.49. The fourth-order valence-electron chi connectivity index (χ4n) is 4.25. The lowest BCUT2D eigenvalue weighted by atomic mass is 9.93. The summed E-state index contributed by atoms with van der Waals surface area (Å²) in [5, 5.41) is 9.78. The van der Waals surface area contributed by atoms with Gasteiger partial charge in [0.2, 0.25) is 0 Å². The lowest BCUT2D eigenvalue weighted by molar-refractivity contribution is -0.00649. The SMILES string of the molecule is [B][C@@H]1O[C@H](CO)C2O[Si](C(C)C)(C(C)C)O[Si](C(C)C)(C(C)C)OC21. The van der Waals surface area contributed by atoms with Crippen molar-refractivity contribution in [3.8, 4) is 0 Å². The van der Waals surface area contributed by atoms with E-state index < -0.39 is 29.2 Å². The molecule has 0 bridgehead atoms. The molecule has 2 heterocycles. The highest BCUT2D eigenvalue weighted by molar-refractivity contribution is 6.84. The Balaban J connectivity index is 2.60. The highest BCUT2D eigenvalue weighted by Gasteiger charge is 2.63. The molecule has 0 aromatic carbocycles. The molecule has 0 aromatic heterocycles. The number of fused-ring (bicyclic) bond motifs is 1. The molecule has 25 heavy (non-hydrogen) atoms. The van der Waals surface area contributed by atoms with Crippen LogP contribution in [0.5, 0.6) is 0 Å². The molecule has 5 nitrogen and oxygen atoms in total. The third-order valence-electron chi connectivity index (χ3n) is 5.70. The lowest BCUT2D eigenvalue weighted by Crippen LogP contribution is -2.60. The Bertz CT molecular complexity index is 444. The fraction of sp³-hybridized carbons (Fsp3) is 1.00. The van der Waals surface area contributed by atoms with Gasteiger partial charge in [0.1, 0.15) is 20.1 Å². The Hall–Kier alpha value is 0.299. The second-order valence-electron chi connectivity index (χ2n) is 8.65. The summed E-state index contributed by atoms with van der Waals surface area (Å²) in [5.74, 6) is 0. The summed E-state index contributed by atoms with van der Waals surface area (Å²) in [7, 11) is 0.975. The Morgan fingerprint density at radius 1 is 0.800 bits per heavy atom. The van der Waals surface area contributed by atoms with Crippen LogP contribution in [-0.4, -0.2) is 61.0 Å². The number of rotatable bonds is 5. The largest absolute Gasteiger partial charge is 0.414 e. The first-order chi connectivity index (χ1) is 11.5. The number of aliphatic hydroxyl groups is 1. The first-order valence-electron chi connectivity index (χ1n) is 9.59. The third kappa shape index (κ3) is 3.55. The smallest absolute Gasteiger partial charge is 0.335 e. The molecule has 2 unspecified atom stereocenters. The Morgan fingerprint density at radius 2 is 1.20 bits per heavy atom. The molecule has 2 aliphatic rings. The molecular weight excluding hydrogens is 351 g/mol. The molecule has 2 rings (SSSR count). The summed E-state index contributed by atoms with van der Waals surface area (Å²) in [6.45, 7) is 17.3. The molecule has 2 radical (unpaired) electrons. The molecule has 0 spiro atoms. The fourth-order valence-corrected chi connectivity index (χ4v) is 15.6. The molecule has 2 saturated heterocycles. The van der Waals surface area contributed by atoms with E-state index in [0.717, 1.165) is 0 Å². The lowest BCUT2D eigenvalue weighted by Gasteiger charge is -2.46. The minimum Gasteiger partial charge on any atom is -0.414 e. The van der Waals surface area contributed by atoms with E-state index in [9.17, 15) is 5.11 Å². The third-order valence-corrected chi connectivity index (χ3v) is 16.0. The topological polar surface area (TPSA) is 57.2 Å². The van der Waals surface area contributed by atoms with Crippen LogP contribution < -0.4 is 0 Å². The van der Waals surface area contributed by atoms with Crippen molar-refractivity contribution >= 4 is 25.0 Å². The molecule has 4 atom stereocenters. The molecule has 144 valence electrons. The van der Waals surface area contributed by atoms with E-state index in [-0.39, 0.29) is 41.0 Å². The number of hydrogen-bond donors (Lipinski definition) is 1. The Morgan fingerprint density at radius 3 is 1.56 bits per heavy atom. The molecule has 0 aliphatic carbocycles. The molecule has 8 heteroatoms. The van der Waals surface area contributed by atoms with Crippen LogP contribution in [0.2, 0.25) is 22.2 Å². The summed E-state index contributed by atoms with van der Waals surface area (Å²) in [4.78, 5) is 0. The van der Waals surface area contributed by atoms with Crippen molar-refractivity contribution < 1.29 is 22.8 Å². The molecule has 0 saturated carbocycles. The minimum atomic E-state index is -2.63. The zero-order valence-electron chi connectivity index (χ0n) is 17.0. The Kier molecular flexibility index (Phi) is 6.68. The highest BCUT2D eigenvalue weighted by atomic mass is 28.5. The standard InChI is InChI=1S/C17H35BO5Si2/c1-10(2)24(11(3)4)21-15-14(9-19)20-17(18)16(15)22-25(23-24,12(5)6)13(7)8/h10-17,19H,9H2,1-8H3/t14-,15?,16?,17-/m1/s1. The maximum atomic E-state index is 9.78. The van der Waals surface area contributed by atoms with Gasteiger partial charge in [-0.25, -0.2) is 0 Å². The molecule has 2 fully saturated rings. The van der Waals surface area contributed by atoms with Crippen LogP contribution in [-0.2, 0) is 17.7 Å². The van der Waals surface area contributed by atoms with Crippen LogP contribution >= 0.6 is 0 Å². The molecule has 2 aliphatic heterocycles. The van der Waals surface area contributed by atoms with Crippen LogP contribution in [0.1, 0.15) is 55.4 Å². The number of ether oxygens (including phenoxy) is 1. The zero-order chi connectivity index (χ0) is 19.2. The minimum absolute atomic E-state index is 0.128. The van der Waals surface area contributed by atoms with E-state index in [1.807, 2.05) is 0 Å². The van der Waals surface area contributed by atoms with Gasteiger partial charge in [-0.3, -0.25) is 0 Å². The van der Waals surface area contributed by atoms with Crippen molar-refractivity contribution in [2.45, 2.75) is 102 Å². The van der Waals surface area contributed by atoms with Crippen LogP contribution in [0.15, 0.2) is 0 Å². The molecule has 1 N–H and O–H groups in total. The van der Waals surface area contributed by atoms with Gasteiger partial charge in [-0.2, -0.15) is 0 Å². The van der Waals surface area contributed by atoms with Gasteiger partial charge in [-0.1, -0.05) is 55.4 Å². The summed E-state index contributed by atoms with van der Waals surface area (Å²) in [5.41, 5.74) is 1.05. The van der Waals surface area contributed by atoms with Gasteiger partial charge in [0.15, 0.2) is 0 Å². The summed E-state index contributed by atoms with van der Waals surface area (Å²) in [6.07, 6.45) is -1.22. The van der Waals surface area contributed by atoms with Gasteiger partial charge >= 0.3 is 17.1 Å². The molecule has 0 amide bonds. The van der Waals surface area contributed by atoms with Crippen molar-refractivity contribution in [2.75, 3.05) is 6.61 Å². The monoisotopic (exact) mass is 386 g/mol.